The van der Waals surface area contributed by atoms with Crippen LogP contribution in [0.3, 0.4) is 0 Å². The molecule has 3 fully saturated rings. The van der Waals surface area contributed by atoms with Gasteiger partial charge in [0.25, 0.3) is 0 Å². The second kappa shape index (κ2) is 5.07. The Morgan fingerprint density at radius 1 is 1.00 bits per heavy atom. The van der Waals surface area contributed by atoms with Crippen LogP contribution >= 0.6 is 0 Å². The van der Waals surface area contributed by atoms with Gasteiger partial charge in [0.15, 0.2) is 0 Å². The Hall–Kier alpha value is -0.770. The number of carbonyl (C=O) groups excluding carboxylic acids is 1. The molecule has 5 N–H and O–H groups in total. The van der Waals surface area contributed by atoms with Crippen molar-refractivity contribution in [2.75, 3.05) is 13.1 Å². The van der Waals surface area contributed by atoms with Gasteiger partial charge in [-0.05, 0) is 50.6 Å². The summed E-state index contributed by atoms with van der Waals surface area (Å²) in [7, 11) is 0. The number of fused-ring (bicyclic) bond motifs is 4. The molecule has 2 amide bonds. The Kier molecular flexibility index (Phi) is 4.02. The predicted octanol–water partition coefficient (Wildman–Crippen LogP) is 0.420. The third kappa shape index (κ3) is 4.12. The summed E-state index contributed by atoms with van der Waals surface area (Å²) in [5, 5.41) is 3.51. The summed E-state index contributed by atoms with van der Waals surface area (Å²) in [5.74, 6) is 2.06. The molecule has 1 aliphatic carbocycles. The summed E-state index contributed by atoms with van der Waals surface area (Å²) in [6, 6.07) is -0.833. The molecule has 0 aromatic rings. The molecule has 3 aliphatic rings. The van der Waals surface area contributed by atoms with Gasteiger partial charge in [-0.3, -0.25) is 0 Å². The zero-order valence-electron chi connectivity index (χ0n) is 7.96. The Bertz CT molecular complexity index is 143. The van der Waals surface area contributed by atoms with E-state index in [4.69, 9.17) is 4.79 Å². The first-order chi connectivity index (χ1) is 6.18. The lowest BCUT2D eigenvalue weighted by molar-refractivity contribution is 0.256. The minimum atomic E-state index is -0.833. The van der Waals surface area contributed by atoms with Gasteiger partial charge in [0.1, 0.15) is 0 Å². The van der Waals surface area contributed by atoms with E-state index in [0.717, 1.165) is 11.8 Å². The van der Waals surface area contributed by atoms with Crippen LogP contribution in [0.25, 0.3) is 0 Å². The van der Waals surface area contributed by atoms with Crippen molar-refractivity contribution in [3.05, 3.63) is 0 Å². The van der Waals surface area contributed by atoms with Crippen LogP contribution in [0.1, 0.15) is 25.7 Å². The molecule has 0 unspecified atom stereocenters. The number of rotatable bonds is 0. The van der Waals surface area contributed by atoms with E-state index in [9.17, 15) is 0 Å². The molecular weight excluding hydrogens is 166 g/mol. The quantitative estimate of drug-likeness (QED) is 0.511. The standard InChI is InChI=1S/C8H15N.CH4N2O/c1-2-8-4-3-7(1)5-9-6-8;2-1(3)4/h7-9H,1-6H2;(H4,2,3,4). The maximum atomic E-state index is 9.00. The lowest BCUT2D eigenvalue weighted by atomic mass is 9.84. The molecule has 4 heteroatoms. The summed E-state index contributed by atoms with van der Waals surface area (Å²) in [5.41, 5.74) is 8.50. The van der Waals surface area contributed by atoms with Gasteiger partial charge in [-0.2, -0.15) is 0 Å². The summed E-state index contributed by atoms with van der Waals surface area (Å²) in [6.45, 7) is 2.60. The number of urea groups is 1. The van der Waals surface area contributed by atoms with Crippen LogP contribution in [0.2, 0.25) is 0 Å². The molecule has 2 heterocycles. The maximum absolute atomic E-state index is 9.00. The second-order valence-electron chi connectivity index (χ2n) is 3.95. The summed E-state index contributed by atoms with van der Waals surface area (Å²) in [4.78, 5) is 9.00. The summed E-state index contributed by atoms with van der Waals surface area (Å²) in [6.07, 6.45) is 5.99. The lowest BCUT2D eigenvalue weighted by Crippen LogP contribution is -2.19. The number of nitrogens with two attached hydrogens (primary N) is 2. The normalized spacial score (nSPS) is 31.4. The van der Waals surface area contributed by atoms with Crippen molar-refractivity contribution in [1.29, 1.82) is 0 Å². The van der Waals surface area contributed by atoms with Gasteiger partial charge in [0.2, 0.25) is 0 Å². The largest absolute Gasteiger partial charge is 0.352 e. The van der Waals surface area contributed by atoms with Crippen LogP contribution < -0.4 is 16.8 Å². The Labute approximate surface area is 79.0 Å². The molecule has 2 bridgehead atoms. The Morgan fingerprint density at radius 3 is 1.62 bits per heavy atom. The second-order valence-corrected chi connectivity index (χ2v) is 3.95. The van der Waals surface area contributed by atoms with Crippen LogP contribution in [-0.2, 0) is 0 Å². The SMILES string of the molecule is C1CC2CCC1CNC2.NC(N)=O. The molecule has 3 rings (SSSR count). The highest BCUT2D eigenvalue weighted by atomic mass is 16.2. The molecular formula is C9H19N3O. The van der Waals surface area contributed by atoms with Crippen molar-refractivity contribution in [1.82, 2.24) is 5.32 Å². The monoisotopic (exact) mass is 185 g/mol. The lowest BCUT2D eigenvalue weighted by Gasteiger charge is -2.21. The fourth-order valence-corrected chi connectivity index (χ4v) is 2.13. The van der Waals surface area contributed by atoms with E-state index in [-0.39, 0.29) is 0 Å². The highest BCUT2D eigenvalue weighted by Gasteiger charge is 2.23. The molecule has 13 heavy (non-hydrogen) atoms. The molecule has 4 nitrogen and oxygen atoms in total. The first-order valence-electron chi connectivity index (χ1n) is 4.94. The van der Waals surface area contributed by atoms with Gasteiger partial charge in [-0.15, -0.1) is 0 Å². The minimum Gasteiger partial charge on any atom is -0.352 e. The highest BCUT2D eigenvalue weighted by Crippen LogP contribution is 2.30. The number of hydrogen-bond donors (Lipinski definition) is 3. The van der Waals surface area contributed by atoms with Gasteiger partial charge in [-0.25, -0.2) is 4.79 Å². The third-order valence-electron chi connectivity index (χ3n) is 2.83. The number of hydrogen-bond acceptors (Lipinski definition) is 2. The minimum absolute atomic E-state index is 0.833. The van der Waals surface area contributed by atoms with E-state index in [1.165, 1.54) is 38.8 Å². The molecule has 2 aliphatic heterocycles. The molecule has 2 saturated heterocycles. The smallest absolute Gasteiger partial charge is 0.309 e. The van der Waals surface area contributed by atoms with Gasteiger partial charge in [0.05, 0.1) is 0 Å². The summed E-state index contributed by atoms with van der Waals surface area (Å²) >= 11 is 0. The number of carbonyl (C=O) groups is 1. The fraction of sp³-hybridized carbons (Fsp3) is 0.889. The number of nitrogens with one attached hydrogen (secondary N) is 1. The van der Waals surface area contributed by atoms with E-state index in [2.05, 4.69) is 16.8 Å². The van der Waals surface area contributed by atoms with Crippen molar-refractivity contribution in [3.63, 3.8) is 0 Å². The van der Waals surface area contributed by atoms with Crippen LogP contribution in [0.4, 0.5) is 4.79 Å². The zero-order chi connectivity index (χ0) is 9.68. The Balaban J connectivity index is 0.000000184. The Morgan fingerprint density at radius 2 is 1.31 bits per heavy atom. The van der Waals surface area contributed by atoms with Crippen LogP contribution in [0.15, 0.2) is 0 Å². The van der Waals surface area contributed by atoms with Gasteiger partial charge in [0, 0.05) is 0 Å². The molecule has 0 aromatic carbocycles. The van der Waals surface area contributed by atoms with Crippen LogP contribution in [0, 0.1) is 11.8 Å². The van der Waals surface area contributed by atoms with Crippen molar-refractivity contribution in [3.8, 4) is 0 Å². The van der Waals surface area contributed by atoms with E-state index in [0.29, 0.717) is 0 Å². The van der Waals surface area contributed by atoms with E-state index < -0.39 is 6.03 Å². The average Bonchev–Trinajstić information content (AvgIpc) is 2.38. The molecule has 76 valence electrons. The topological polar surface area (TPSA) is 81.1 Å². The van der Waals surface area contributed by atoms with Crippen molar-refractivity contribution >= 4 is 6.03 Å². The van der Waals surface area contributed by atoms with Crippen molar-refractivity contribution < 1.29 is 4.79 Å². The average molecular weight is 185 g/mol. The van der Waals surface area contributed by atoms with E-state index in [1.807, 2.05) is 0 Å². The molecule has 0 aromatic heterocycles. The van der Waals surface area contributed by atoms with Crippen molar-refractivity contribution in [2.45, 2.75) is 25.7 Å². The fourth-order valence-electron chi connectivity index (χ4n) is 2.13. The first kappa shape index (κ1) is 10.3. The van der Waals surface area contributed by atoms with Gasteiger partial charge < -0.3 is 16.8 Å². The zero-order valence-corrected chi connectivity index (χ0v) is 7.96. The van der Waals surface area contributed by atoms with Crippen molar-refractivity contribution in [2.24, 2.45) is 23.3 Å². The molecule has 1 saturated carbocycles. The molecule has 0 radical (unpaired) electrons. The summed E-state index contributed by atoms with van der Waals surface area (Å²) < 4.78 is 0. The van der Waals surface area contributed by atoms with Crippen LogP contribution in [-0.4, -0.2) is 19.1 Å². The van der Waals surface area contributed by atoms with E-state index in [1.54, 1.807) is 0 Å². The van der Waals surface area contributed by atoms with E-state index >= 15 is 0 Å². The first-order valence-corrected chi connectivity index (χ1v) is 4.94. The van der Waals surface area contributed by atoms with Crippen LogP contribution in [0.5, 0.6) is 0 Å². The highest BCUT2D eigenvalue weighted by molar-refractivity contribution is 5.69. The number of primary amides is 2. The predicted molar refractivity (Wildman–Crippen MR) is 52.1 cm³/mol. The molecule has 0 spiro atoms. The molecule has 0 atom stereocenters. The number of amides is 2. The third-order valence-corrected chi connectivity index (χ3v) is 2.83. The maximum Gasteiger partial charge on any atom is 0.309 e. The van der Waals surface area contributed by atoms with Gasteiger partial charge in [-0.1, -0.05) is 0 Å². The van der Waals surface area contributed by atoms with Gasteiger partial charge >= 0.3 is 6.03 Å².